The topological polar surface area (TPSA) is 153 Å². The van der Waals surface area contributed by atoms with Crippen LogP contribution in [0, 0.1) is 27.9 Å². The zero-order chi connectivity index (χ0) is 30.0. The quantitative estimate of drug-likeness (QED) is 0.185. The number of benzene rings is 2. The number of non-ortho nitro benzene ring substituents is 1. The Morgan fingerprint density at radius 2 is 1.62 bits per heavy atom. The number of carbonyl (C=O) groups excluding carboxylic acids is 4. The Morgan fingerprint density at radius 3 is 2.21 bits per heavy atom. The van der Waals surface area contributed by atoms with Crippen molar-refractivity contribution in [3.05, 3.63) is 86.5 Å². The van der Waals surface area contributed by atoms with Crippen molar-refractivity contribution in [2.75, 3.05) is 19.1 Å². The van der Waals surface area contributed by atoms with Crippen LogP contribution >= 0.6 is 0 Å². The predicted octanol–water partition coefficient (Wildman–Crippen LogP) is 3.95. The molecule has 1 saturated heterocycles. The standard InChI is InChI=1S/C31H26N2O9/c1-14-10-22(35)26-21(29(14)36)13-20-18(27(26)28-23(41-2)11-17(34)12-24(28)42-3)8-9-19-25(20)31(38)32(30(19)37)15-4-6-16(7-5-15)33(39)40/h4-8,10-12,19-20,25,27,34H,9,13H2,1-3H3. The number of aromatic hydroxyl groups is 1. The molecule has 11 nitrogen and oxygen atoms in total. The zero-order valence-corrected chi connectivity index (χ0v) is 23.0. The molecule has 0 saturated carbocycles. The number of anilines is 1. The lowest BCUT2D eigenvalue weighted by Crippen LogP contribution is -2.40. The Kier molecular flexibility index (Phi) is 6.32. The lowest BCUT2D eigenvalue weighted by atomic mass is 9.59. The molecular weight excluding hydrogens is 544 g/mol. The maximum Gasteiger partial charge on any atom is 0.269 e. The van der Waals surface area contributed by atoms with Crippen LogP contribution < -0.4 is 14.4 Å². The summed E-state index contributed by atoms with van der Waals surface area (Å²) in [5.41, 5.74) is 1.99. The smallest absolute Gasteiger partial charge is 0.269 e. The maximum absolute atomic E-state index is 14.0. The van der Waals surface area contributed by atoms with E-state index in [2.05, 4.69) is 0 Å². The summed E-state index contributed by atoms with van der Waals surface area (Å²) in [5.74, 6) is -4.16. The van der Waals surface area contributed by atoms with E-state index in [1.54, 1.807) is 6.92 Å². The van der Waals surface area contributed by atoms with E-state index < -0.39 is 40.4 Å². The van der Waals surface area contributed by atoms with Crippen molar-refractivity contribution in [3.8, 4) is 17.2 Å². The number of imide groups is 1. The number of ketones is 2. The molecule has 214 valence electrons. The number of hydrogen-bond acceptors (Lipinski definition) is 9. The first-order valence-corrected chi connectivity index (χ1v) is 13.3. The lowest BCUT2D eigenvalue weighted by molar-refractivity contribution is -0.384. The third-order valence-electron chi connectivity index (χ3n) is 8.70. The van der Waals surface area contributed by atoms with E-state index in [9.17, 15) is 34.4 Å². The van der Waals surface area contributed by atoms with Gasteiger partial charge in [0.15, 0.2) is 11.6 Å². The fourth-order valence-corrected chi connectivity index (χ4v) is 6.90. The van der Waals surface area contributed by atoms with Crippen molar-refractivity contribution in [2.24, 2.45) is 17.8 Å². The average molecular weight is 571 g/mol. The molecule has 4 unspecified atom stereocenters. The minimum atomic E-state index is -0.831. The number of ether oxygens (including phenoxy) is 2. The van der Waals surface area contributed by atoms with Crippen LogP contribution in [0.2, 0.25) is 0 Å². The molecule has 6 rings (SSSR count). The number of Topliss-reactive ketones (excluding diaryl/α,β-unsaturated/α-hetero) is 1. The van der Waals surface area contributed by atoms with Gasteiger partial charge in [0.05, 0.1) is 36.7 Å². The number of nitro benzene ring substituents is 1. The van der Waals surface area contributed by atoms with Gasteiger partial charge in [0.2, 0.25) is 11.8 Å². The molecule has 4 atom stereocenters. The number of phenolic OH excluding ortho intramolecular Hbond substituents is 1. The van der Waals surface area contributed by atoms with E-state index in [-0.39, 0.29) is 69.8 Å². The molecule has 3 aliphatic carbocycles. The van der Waals surface area contributed by atoms with Crippen LogP contribution in [0.3, 0.4) is 0 Å². The van der Waals surface area contributed by atoms with Crippen LogP contribution in [0.4, 0.5) is 11.4 Å². The van der Waals surface area contributed by atoms with E-state index in [1.807, 2.05) is 6.08 Å². The third-order valence-corrected chi connectivity index (χ3v) is 8.70. The van der Waals surface area contributed by atoms with Gasteiger partial charge in [-0.25, -0.2) is 0 Å². The summed E-state index contributed by atoms with van der Waals surface area (Å²) in [5, 5.41) is 21.4. The second-order valence-electron chi connectivity index (χ2n) is 10.8. The van der Waals surface area contributed by atoms with E-state index in [4.69, 9.17) is 9.47 Å². The van der Waals surface area contributed by atoms with Gasteiger partial charge < -0.3 is 14.6 Å². The second kappa shape index (κ2) is 9.79. The number of nitrogens with zero attached hydrogens (tertiary/aromatic N) is 2. The Morgan fingerprint density at radius 1 is 0.976 bits per heavy atom. The number of phenols is 1. The molecule has 1 fully saturated rings. The van der Waals surface area contributed by atoms with Crippen molar-refractivity contribution < 1.29 is 38.7 Å². The summed E-state index contributed by atoms with van der Waals surface area (Å²) in [6, 6.07) is 8.00. The molecule has 0 radical (unpaired) electrons. The molecule has 0 spiro atoms. The van der Waals surface area contributed by atoms with Gasteiger partial charge in [-0.3, -0.25) is 34.2 Å². The Bertz CT molecular complexity index is 1670. The Hall–Kier alpha value is -5.06. The first-order chi connectivity index (χ1) is 20.1. The highest BCUT2D eigenvalue weighted by atomic mass is 16.6. The van der Waals surface area contributed by atoms with Crippen molar-refractivity contribution in [1.82, 2.24) is 0 Å². The fourth-order valence-electron chi connectivity index (χ4n) is 6.90. The van der Waals surface area contributed by atoms with Gasteiger partial charge in [-0.05, 0) is 43.9 Å². The number of fused-ring (bicyclic) bond motifs is 3. The van der Waals surface area contributed by atoms with Gasteiger partial charge in [0.1, 0.15) is 17.2 Å². The molecule has 11 heteroatoms. The van der Waals surface area contributed by atoms with E-state index >= 15 is 0 Å². The summed E-state index contributed by atoms with van der Waals surface area (Å²) in [7, 11) is 2.83. The highest BCUT2D eigenvalue weighted by molar-refractivity contribution is 6.25. The van der Waals surface area contributed by atoms with Crippen LogP contribution in [0.1, 0.15) is 31.2 Å². The van der Waals surface area contributed by atoms with Gasteiger partial charge in [-0.1, -0.05) is 11.6 Å². The molecule has 0 aromatic heterocycles. The predicted molar refractivity (Wildman–Crippen MR) is 148 cm³/mol. The van der Waals surface area contributed by atoms with E-state index in [0.29, 0.717) is 11.1 Å². The van der Waals surface area contributed by atoms with Gasteiger partial charge >= 0.3 is 0 Å². The second-order valence-corrected chi connectivity index (χ2v) is 10.8. The number of rotatable bonds is 5. The van der Waals surface area contributed by atoms with Gasteiger partial charge in [-0.15, -0.1) is 0 Å². The summed E-state index contributed by atoms with van der Waals surface area (Å²) in [6.45, 7) is 1.57. The van der Waals surface area contributed by atoms with Crippen molar-refractivity contribution in [1.29, 1.82) is 0 Å². The zero-order valence-electron chi connectivity index (χ0n) is 23.0. The first-order valence-electron chi connectivity index (χ1n) is 13.3. The minimum Gasteiger partial charge on any atom is -0.508 e. The maximum atomic E-state index is 14.0. The average Bonchev–Trinajstić information content (AvgIpc) is 3.23. The number of allylic oxidation sites excluding steroid dienone is 6. The highest BCUT2D eigenvalue weighted by Gasteiger charge is 2.57. The Labute approximate surface area is 239 Å². The van der Waals surface area contributed by atoms with Crippen LogP contribution in [0.5, 0.6) is 17.2 Å². The normalized spacial score (nSPS) is 25.0. The monoisotopic (exact) mass is 570 g/mol. The molecule has 1 aliphatic heterocycles. The molecule has 1 N–H and O–H groups in total. The molecule has 42 heavy (non-hydrogen) atoms. The molecule has 2 amide bonds. The number of methoxy groups -OCH3 is 2. The molecule has 2 aromatic carbocycles. The number of hydrogen-bond donors (Lipinski definition) is 1. The van der Waals surface area contributed by atoms with E-state index in [0.717, 1.165) is 4.90 Å². The summed E-state index contributed by atoms with van der Waals surface area (Å²) in [6.07, 6.45) is 3.47. The van der Waals surface area contributed by atoms with Crippen LogP contribution in [-0.2, 0) is 19.2 Å². The van der Waals surface area contributed by atoms with Crippen molar-refractivity contribution >= 4 is 34.8 Å². The molecule has 4 aliphatic rings. The first kappa shape index (κ1) is 27.1. The number of nitro groups is 1. The summed E-state index contributed by atoms with van der Waals surface area (Å²) >= 11 is 0. The fraction of sp³-hybridized carbons (Fsp3) is 0.290. The van der Waals surface area contributed by atoms with Crippen LogP contribution in [-0.4, -0.2) is 47.6 Å². The number of carbonyl (C=O) groups is 4. The third kappa shape index (κ3) is 3.87. The van der Waals surface area contributed by atoms with Crippen LogP contribution in [0.25, 0.3) is 0 Å². The van der Waals surface area contributed by atoms with Crippen molar-refractivity contribution in [3.63, 3.8) is 0 Å². The van der Waals surface area contributed by atoms with Crippen molar-refractivity contribution in [2.45, 2.75) is 25.7 Å². The lowest BCUT2D eigenvalue weighted by Gasteiger charge is -2.42. The molecule has 2 aromatic rings. The van der Waals surface area contributed by atoms with E-state index in [1.165, 1.54) is 56.7 Å². The highest BCUT2D eigenvalue weighted by Crippen LogP contribution is 2.58. The molecule has 1 heterocycles. The molecular formula is C31H26N2O9. The van der Waals surface area contributed by atoms with Gasteiger partial charge in [0.25, 0.3) is 5.69 Å². The van der Waals surface area contributed by atoms with Gasteiger partial charge in [-0.2, -0.15) is 0 Å². The van der Waals surface area contributed by atoms with Crippen LogP contribution in [0.15, 0.2) is 70.8 Å². The summed E-state index contributed by atoms with van der Waals surface area (Å²) in [4.78, 5) is 66.3. The Balaban J connectivity index is 1.51. The minimum absolute atomic E-state index is 0.0877. The summed E-state index contributed by atoms with van der Waals surface area (Å²) < 4.78 is 11.2. The SMILES string of the molecule is COc1cc(O)cc(OC)c1C1C2=CCC3C(=O)N(c4ccc([N+](=O)[O-])cc4)C(=O)C3C2CC2=C1C(=O)C=C(C)C2=O. The number of amides is 2. The van der Waals surface area contributed by atoms with Gasteiger partial charge in [0, 0.05) is 52.5 Å². The largest absolute Gasteiger partial charge is 0.508 e. The molecule has 0 bridgehead atoms.